The highest BCUT2D eigenvalue weighted by Crippen LogP contribution is 2.33. The minimum absolute atomic E-state index is 0.0525. The second-order valence-corrected chi connectivity index (χ2v) is 11.4. The van der Waals surface area contributed by atoms with Crippen molar-refractivity contribution in [2.75, 3.05) is 32.1 Å². The number of anilines is 1. The van der Waals surface area contributed by atoms with Crippen molar-refractivity contribution >= 4 is 50.7 Å². The van der Waals surface area contributed by atoms with Gasteiger partial charge in [-0.3, -0.25) is 13.9 Å². The van der Waals surface area contributed by atoms with E-state index in [-0.39, 0.29) is 29.3 Å². The van der Waals surface area contributed by atoms with Crippen LogP contribution in [0.5, 0.6) is 11.5 Å². The Morgan fingerprint density at radius 3 is 2.23 bits per heavy atom. The Morgan fingerprint density at radius 1 is 0.975 bits per heavy atom. The van der Waals surface area contributed by atoms with E-state index < -0.39 is 34.4 Å². The van der Waals surface area contributed by atoms with Gasteiger partial charge in [-0.05, 0) is 60.5 Å². The molecule has 0 saturated heterocycles. The summed E-state index contributed by atoms with van der Waals surface area (Å²) in [6, 6.07) is 16.2. The molecule has 12 heteroatoms. The van der Waals surface area contributed by atoms with Gasteiger partial charge in [0.1, 0.15) is 24.1 Å². The first-order valence-electron chi connectivity index (χ1n) is 12.3. The van der Waals surface area contributed by atoms with Gasteiger partial charge in [0.05, 0.1) is 24.8 Å². The van der Waals surface area contributed by atoms with Crippen molar-refractivity contribution in [3.63, 3.8) is 0 Å². The minimum Gasteiger partial charge on any atom is -0.497 e. The van der Waals surface area contributed by atoms with Crippen LogP contribution in [0.4, 0.5) is 5.69 Å². The third-order valence-electron chi connectivity index (χ3n) is 6.27. The molecule has 0 heterocycles. The molecule has 3 rings (SSSR count). The minimum atomic E-state index is -4.28. The Bertz CT molecular complexity index is 1450. The van der Waals surface area contributed by atoms with Crippen LogP contribution in [0.3, 0.4) is 0 Å². The standard InChI is InChI=1S/C28H31Cl2N3O6S/c1-5-24(28(35)31-2)32(17-19-10-11-20(29)16-23(19)30)27(34)18-33(25-8-6-7-9-26(25)39-4)40(36,37)22-14-12-21(38-3)13-15-22/h6-16,24H,5,17-18H2,1-4H3,(H,31,35)/t24-/m0/s1. The van der Waals surface area contributed by atoms with E-state index in [2.05, 4.69) is 5.32 Å². The van der Waals surface area contributed by atoms with Gasteiger partial charge in [-0.2, -0.15) is 0 Å². The fourth-order valence-electron chi connectivity index (χ4n) is 4.14. The molecule has 40 heavy (non-hydrogen) atoms. The average Bonchev–Trinajstić information content (AvgIpc) is 2.96. The summed E-state index contributed by atoms with van der Waals surface area (Å²) < 4.78 is 39.5. The molecule has 0 aliphatic rings. The lowest BCUT2D eigenvalue weighted by atomic mass is 10.1. The van der Waals surface area contributed by atoms with Gasteiger partial charge in [-0.25, -0.2) is 8.42 Å². The number of sulfonamides is 1. The van der Waals surface area contributed by atoms with E-state index in [1.54, 1.807) is 43.3 Å². The van der Waals surface area contributed by atoms with Crippen LogP contribution >= 0.6 is 23.2 Å². The average molecular weight is 609 g/mol. The highest BCUT2D eigenvalue weighted by Gasteiger charge is 2.34. The summed E-state index contributed by atoms with van der Waals surface area (Å²) in [5, 5.41) is 3.30. The van der Waals surface area contributed by atoms with Crippen LogP contribution in [0.15, 0.2) is 71.6 Å². The normalized spacial score (nSPS) is 11.8. The quantitative estimate of drug-likeness (QED) is 0.318. The first-order valence-corrected chi connectivity index (χ1v) is 14.5. The van der Waals surface area contributed by atoms with Crippen molar-refractivity contribution in [1.82, 2.24) is 10.2 Å². The third kappa shape index (κ3) is 6.99. The zero-order chi connectivity index (χ0) is 29.4. The van der Waals surface area contributed by atoms with E-state index in [1.165, 1.54) is 56.5 Å². The molecule has 0 aliphatic carbocycles. The van der Waals surface area contributed by atoms with Gasteiger partial charge in [0.2, 0.25) is 11.8 Å². The number of ether oxygens (including phenoxy) is 2. The lowest BCUT2D eigenvalue weighted by Crippen LogP contribution is -2.51. The topological polar surface area (TPSA) is 105 Å². The fourth-order valence-corrected chi connectivity index (χ4v) is 6.04. The molecular formula is C28H31Cl2N3O6S. The first kappa shape index (κ1) is 31.1. The Morgan fingerprint density at radius 2 is 1.65 bits per heavy atom. The molecule has 0 aromatic heterocycles. The molecule has 214 valence electrons. The summed E-state index contributed by atoms with van der Waals surface area (Å²) >= 11 is 12.5. The van der Waals surface area contributed by atoms with Gasteiger partial charge in [0.15, 0.2) is 0 Å². The van der Waals surface area contributed by atoms with E-state index in [1.807, 2.05) is 0 Å². The summed E-state index contributed by atoms with van der Waals surface area (Å²) in [6.45, 7) is 1.09. The number of hydrogen-bond donors (Lipinski definition) is 1. The lowest BCUT2D eigenvalue weighted by molar-refractivity contribution is -0.140. The Balaban J connectivity index is 2.11. The van der Waals surface area contributed by atoms with Crippen LogP contribution in [0.1, 0.15) is 18.9 Å². The van der Waals surface area contributed by atoms with Gasteiger partial charge in [-0.1, -0.05) is 48.3 Å². The number of carbonyl (C=O) groups is 2. The number of para-hydroxylation sites is 2. The molecule has 0 aliphatic heterocycles. The molecular weight excluding hydrogens is 577 g/mol. The van der Waals surface area contributed by atoms with Gasteiger partial charge in [0.25, 0.3) is 10.0 Å². The van der Waals surface area contributed by atoms with Crippen molar-refractivity contribution in [3.05, 3.63) is 82.3 Å². The zero-order valence-corrected chi connectivity index (χ0v) is 24.9. The van der Waals surface area contributed by atoms with Crippen molar-refractivity contribution in [2.24, 2.45) is 0 Å². The molecule has 0 bridgehead atoms. The number of hydrogen-bond acceptors (Lipinski definition) is 6. The number of halogens is 2. The highest BCUT2D eigenvalue weighted by atomic mass is 35.5. The maximum Gasteiger partial charge on any atom is 0.264 e. The molecule has 0 unspecified atom stereocenters. The summed E-state index contributed by atoms with van der Waals surface area (Å²) in [5.74, 6) is -0.300. The van der Waals surface area contributed by atoms with Crippen LogP contribution in [0.2, 0.25) is 10.0 Å². The molecule has 1 atom stereocenters. The number of nitrogens with zero attached hydrogens (tertiary/aromatic N) is 2. The monoisotopic (exact) mass is 607 g/mol. The Labute approximate surface area is 244 Å². The second kappa shape index (κ2) is 13.7. The maximum atomic E-state index is 14.0. The summed E-state index contributed by atoms with van der Waals surface area (Å²) in [7, 11) is 0.0742. The second-order valence-electron chi connectivity index (χ2n) is 8.65. The SMILES string of the molecule is CC[C@@H](C(=O)NC)N(Cc1ccc(Cl)cc1Cl)C(=O)CN(c1ccccc1OC)S(=O)(=O)c1ccc(OC)cc1. The van der Waals surface area contributed by atoms with E-state index in [9.17, 15) is 18.0 Å². The van der Waals surface area contributed by atoms with Crippen molar-refractivity contribution in [1.29, 1.82) is 0 Å². The smallest absolute Gasteiger partial charge is 0.264 e. The van der Waals surface area contributed by atoms with Gasteiger partial charge >= 0.3 is 0 Å². The number of rotatable bonds is 12. The van der Waals surface area contributed by atoms with Crippen molar-refractivity contribution in [3.8, 4) is 11.5 Å². The number of carbonyl (C=O) groups excluding carboxylic acids is 2. The predicted octanol–water partition coefficient (Wildman–Crippen LogP) is 4.76. The Hall–Kier alpha value is -3.47. The van der Waals surface area contributed by atoms with Crippen molar-refractivity contribution in [2.45, 2.75) is 30.8 Å². The lowest BCUT2D eigenvalue weighted by Gasteiger charge is -2.33. The first-order chi connectivity index (χ1) is 19.1. The molecule has 3 aromatic carbocycles. The van der Waals surface area contributed by atoms with E-state index in [4.69, 9.17) is 32.7 Å². The number of methoxy groups -OCH3 is 2. The van der Waals surface area contributed by atoms with Crippen LogP contribution in [0.25, 0.3) is 0 Å². The van der Waals surface area contributed by atoms with Gasteiger partial charge in [-0.15, -0.1) is 0 Å². The van der Waals surface area contributed by atoms with Gasteiger partial charge < -0.3 is 19.7 Å². The number of benzene rings is 3. The number of nitrogens with one attached hydrogen (secondary N) is 1. The Kier molecular flexibility index (Phi) is 10.7. The molecule has 0 spiro atoms. The number of likely N-dealkylation sites (N-methyl/N-ethyl adjacent to an activating group) is 1. The van der Waals surface area contributed by atoms with Gasteiger partial charge in [0, 0.05) is 23.6 Å². The summed E-state index contributed by atoms with van der Waals surface area (Å²) in [6.07, 6.45) is 0.274. The number of amides is 2. The fraction of sp³-hybridized carbons (Fsp3) is 0.286. The molecule has 9 nitrogen and oxygen atoms in total. The maximum absolute atomic E-state index is 14.0. The van der Waals surface area contributed by atoms with Crippen LogP contribution in [-0.4, -0.2) is 59.0 Å². The molecule has 2 amide bonds. The zero-order valence-electron chi connectivity index (χ0n) is 22.6. The molecule has 0 fully saturated rings. The highest BCUT2D eigenvalue weighted by molar-refractivity contribution is 7.92. The summed E-state index contributed by atoms with van der Waals surface area (Å²) in [4.78, 5) is 28.1. The molecule has 3 aromatic rings. The van der Waals surface area contributed by atoms with Crippen LogP contribution in [-0.2, 0) is 26.2 Å². The molecule has 1 N–H and O–H groups in total. The van der Waals surface area contributed by atoms with Crippen LogP contribution < -0.4 is 19.1 Å². The summed E-state index contributed by atoms with van der Waals surface area (Å²) in [5.41, 5.74) is 0.704. The van der Waals surface area contributed by atoms with E-state index >= 15 is 0 Å². The van der Waals surface area contributed by atoms with Crippen LogP contribution in [0, 0.1) is 0 Å². The van der Waals surface area contributed by atoms with E-state index in [0.29, 0.717) is 21.4 Å². The molecule has 0 radical (unpaired) electrons. The van der Waals surface area contributed by atoms with E-state index in [0.717, 1.165) is 4.31 Å². The predicted molar refractivity (Wildman–Crippen MR) is 156 cm³/mol. The molecule has 0 saturated carbocycles. The van der Waals surface area contributed by atoms with Crippen molar-refractivity contribution < 1.29 is 27.5 Å². The third-order valence-corrected chi connectivity index (χ3v) is 8.63. The largest absolute Gasteiger partial charge is 0.497 e.